The van der Waals surface area contributed by atoms with Gasteiger partial charge >= 0.3 is 0 Å². The maximum absolute atomic E-state index is 6.39. The number of hydrogen-bond acceptors (Lipinski definition) is 1. The Morgan fingerprint density at radius 1 is 0.281 bits per heavy atom. The number of aromatic nitrogens is 2. The lowest BCUT2D eigenvalue weighted by molar-refractivity contribution is 0.669. The van der Waals surface area contributed by atoms with E-state index in [-0.39, 0.29) is 0 Å². The minimum absolute atomic E-state index is 0.901. The predicted octanol–water partition coefficient (Wildman–Crippen LogP) is 12.8. The molecule has 13 aromatic rings. The lowest BCUT2D eigenvalue weighted by Crippen LogP contribution is -2.74. The molecule has 0 spiro atoms. The minimum atomic E-state index is -2.78. The smallest absolute Gasteiger partial charge is 0.179 e. The van der Waals surface area contributed by atoms with E-state index in [1.54, 1.807) is 0 Å². The van der Waals surface area contributed by atoms with Crippen molar-refractivity contribution in [2.24, 2.45) is 0 Å². The maximum atomic E-state index is 6.39. The molecule has 0 aliphatic rings. The standard InChI is InChI=1S/C60H40N2OSi/c1-4-20-43(21-5-1)64(44-22-6-2-7-23-44,45-24-8-3-9-25-45)46-26-16-19-41(39-46)62-53-32-13-10-27-47(53)48-38-37-42(40-56(48)62)61-54-33-14-11-28-51(54)59-49(30-17-34-55(59)61)50-31-18-36-58-60(50)52-29-12-15-35-57(52)63-58/h1-40H. The summed E-state index contributed by atoms with van der Waals surface area (Å²) < 4.78 is 11.3. The molecule has 0 saturated carbocycles. The van der Waals surface area contributed by atoms with Crippen LogP contribution in [-0.2, 0) is 0 Å². The van der Waals surface area contributed by atoms with Gasteiger partial charge in [0.2, 0.25) is 0 Å². The van der Waals surface area contributed by atoms with Gasteiger partial charge in [-0.05, 0) is 86.5 Å². The van der Waals surface area contributed by atoms with Gasteiger partial charge in [-0.2, -0.15) is 0 Å². The molecule has 0 aliphatic carbocycles. The molecule has 64 heavy (non-hydrogen) atoms. The Kier molecular flexibility index (Phi) is 8.23. The molecule has 0 amide bonds. The molecule has 0 saturated heterocycles. The average Bonchev–Trinajstić information content (AvgIpc) is 4.03. The Balaban J connectivity index is 1.06. The number of benzene rings is 10. The summed E-state index contributed by atoms with van der Waals surface area (Å²) in [5.41, 5.74) is 11.1. The average molecular weight is 833 g/mol. The van der Waals surface area contributed by atoms with Crippen molar-refractivity contribution in [1.82, 2.24) is 9.13 Å². The lowest BCUT2D eigenvalue weighted by atomic mass is 9.95. The highest BCUT2D eigenvalue weighted by atomic mass is 28.3. The molecule has 13 rings (SSSR count). The van der Waals surface area contributed by atoms with Gasteiger partial charge in [0.05, 0.1) is 22.1 Å². The van der Waals surface area contributed by atoms with E-state index < -0.39 is 8.07 Å². The molecular weight excluding hydrogens is 793 g/mol. The SMILES string of the molecule is c1ccc([Si](c2ccccc2)(c2ccccc2)c2cccc(-n3c4ccccc4c4ccc(-n5c6ccccc6c6c(-c7cccc8oc9ccccc9c78)cccc65)cc43)c2)cc1. The fraction of sp³-hybridized carbons (Fsp3) is 0. The Morgan fingerprint density at radius 3 is 1.45 bits per heavy atom. The summed E-state index contributed by atoms with van der Waals surface area (Å²) in [4.78, 5) is 0. The van der Waals surface area contributed by atoms with Crippen LogP contribution >= 0.6 is 0 Å². The molecule has 300 valence electrons. The lowest BCUT2D eigenvalue weighted by Gasteiger charge is -2.34. The van der Waals surface area contributed by atoms with Gasteiger partial charge in [-0.3, -0.25) is 0 Å². The fourth-order valence-corrected chi connectivity index (χ4v) is 15.6. The van der Waals surface area contributed by atoms with Crippen LogP contribution < -0.4 is 20.7 Å². The van der Waals surface area contributed by atoms with Crippen LogP contribution in [0, 0.1) is 0 Å². The first-order chi connectivity index (χ1) is 31.8. The number of nitrogens with zero attached hydrogens (tertiary/aromatic N) is 2. The maximum Gasteiger partial charge on any atom is 0.179 e. The molecule has 10 aromatic carbocycles. The Labute approximate surface area is 371 Å². The van der Waals surface area contributed by atoms with Crippen molar-refractivity contribution in [3.05, 3.63) is 243 Å². The zero-order valence-electron chi connectivity index (χ0n) is 34.9. The van der Waals surface area contributed by atoms with Gasteiger partial charge in [0.25, 0.3) is 0 Å². The molecule has 0 N–H and O–H groups in total. The van der Waals surface area contributed by atoms with E-state index in [0.29, 0.717) is 0 Å². The number of para-hydroxylation sites is 3. The van der Waals surface area contributed by atoms with Crippen molar-refractivity contribution in [3.8, 4) is 22.5 Å². The Hall–Kier alpha value is -8.18. The van der Waals surface area contributed by atoms with Crippen LogP contribution in [0.4, 0.5) is 0 Å². The first kappa shape index (κ1) is 36.5. The van der Waals surface area contributed by atoms with E-state index in [4.69, 9.17) is 4.42 Å². The molecule has 0 unspecified atom stereocenters. The van der Waals surface area contributed by atoms with Crippen LogP contribution in [-0.4, -0.2) is 17.2 Å². The van der Waals surface area contributed by atoms with Crippen molar-refractivity contribution < 1.29 is 4.42 Å². The number of furan rings is 1. The second kappa shape index (κ2) is 14.5. The van der Waals surface area contributed by atoms with Crippen LogP contribution in [0.1, 0.15) is 0 Å². The largest absolute Gasteiger partial charge is 0.456 e. The zero-order chi connectivity index (χ0) is 42.2. The highest BCUT2D eigenvalue weighted by Crippen LogP contribution is 2.44. The van der Waals surface area contributed by atoms with Gasteiger partial charge in [-0.15, -0.1) is 0 Å². The summed E-state index contributed by atoms with van der Waals surface area (Å²) in [5, 5.41) is 12.6. The third-order valence-corrected chi connectivity index (χ3v) is 18.2. The summed E-state index contributed by atoms with van der Waals surface area (Å²) in [6, 6.07) is 89.3. The topological polar surface area (TPSA) is 23.0 Å². The number of fused-ring (bicyclic) bond motifs is 9. The normalized spacial score (nSPS) is 12.1. The number of hydrogen-bond donors (Lipinski definition) is 0. The van der Waals surface area contributed by atoms with Gasteiger partial charge in [-0.25, -0.2) is 0 Å². The van der Waals surface area contributed by atoms with Crippen LogP contribution in [0.3, 0.4) is 0 Å². The second-order valence-corrected chi connectivity index (χ2v) is 20.6. The van der Waals surface area contributed by atoms with Gasteiger partial charge in [0.1, 0.15) is 11.2 Å². The molecule has 3 aromatic heterocycles. The fourth-order valence-electron chi connectivity index (χ4n) is 10.8. The van der Waals surface area contributed by atoms with Gasteiger partial charge < -0.3 is 13.6 Å². The van der Waals surface area contributed by atoms with E-state index in [1.807, 2.05) is 6.07 Å². The summed E-state index contributed by atoms with van der Waals surface area (Å²) >= 11 is 0. The van der Waals surface area contributed by atoms with Crippen molar-refractivity contribution in [3.63, 3.8) is 0 Å². The van der Waals surface area contributed by atoms with Crippen LogP contribution in [0.25, 0.3) is 88.1 Å². The van der Waals surface area contributed by atoms with Gasteiger partial charge in [0, 0.05) is 43.7 Å². The monoisotopic (exact) mass is 832 g/mol. The molecule has 4 heteroatoms. The summed E-state index contributed by atoms with van der Waals surface area (Å²) in [5.74, 6) is 0. The second-order valence-electron chi connectivity index (χ2n) is 16.8. The van der Waals surface area contributed by atoms with E-state index in [0.717, 1.165) is 38.8 Å². The third kappa shape index (κ3) is 5.33. The van der Waals surface area contributed by atoms with E-state index in [2.05, 4.69) is 246 Å². The summed E-state index contributed by atoms with van der Waals surface area (Å²) in [7, 11) is -2.78. The van der Waals surface area contributed by atoms with Gasteiger partial charge in [-0.1, -0.05) is 188 Å². The Morgan fingerprint density at radius 2 is 0.750 bits per heavy atom. The molecule has 0 fully saturated rings. The summed E-state index contributed by atoms with van der Waals surface area (Å²) in [6.07, 6.45) is 0. The Bertz CT molecular complexity index is 3800. The molecule has 0 aliphatic heterocycles. The zero-order valence-corrected chi connectivity index (χ0v) is 35.9. The number of rotatable bonds is 7. The quantitative estimate of drug-likeness (QED) is 0.116. The third-order valence-electron chi connectivity index (χ3n) is 13.5. The molecule has 0 bridgehead atoms. The van der Waals surface area contributed by atoms with Crippen molar-refractivity contribution in [2.45, 2.75) is 0 Å². The van der Waals surface area contributed by atoms with Crippen LogP contribution in [0.2, 0.25) is 0 Å². The summed E-state index contributed by atoms with van der Waals surface area (Å²) in [6.45, 7) is 0. The van der Waals surface area contributed by atoms with Crippen LogP contribution in [0.15, 0.2) is 247 Å². The van der Waals surface area contributed by atoms with Crippen molar-refractivity contribution in [1.29, 1.82) is 0 Å². The molecular formula is C60H40N2OSi. The van der Waals surface area contributed by atoms with E-state index in [9.17, 15) is 0 Å². The predicted molar refractivity (Wildman–Crippen MR) is 271 cm³/mol. The molecule has 3 heterocycles. The first-order valence-electron chi connectivity index (χ1n) is 22.0. The highest BCUT2D eigenvalue weighted by Gasteiger charge is 2.41. The minimum Gasteiger partial charge on any atom is -0.456 e. The van der Waals surface area contributed by atoms with Crippen molar-refractivity contribution >= 4 is 94.4 Å². The van der Waals surface area contributed by atoms with E-state index in [1.165, 1.54) is 70.0 Å². The van der Waals surface area contributed by atoms with Crippen molar-refractivity contribution in [2.75, 3.05) is 0 Å². The first-order valence-corrected chi connectivity index (χ1v) is 24.0. The van der Waals surface area contributed by atoms with Crippen LogP contribution in [0.5, 0.6) is 0 Å². The van der Waals surface area contributed by atoms with Gasteiger partial charge in [0.15, 0.2) is 8.07 Å². The molecule has 0 radical (unpaired) electrons. The van der Waals surface area contributed by atoms with E-state index >= 15 is 0 Å². The molecule has 0 atom stereocenters. The highest BCUT2D eigenvalue weighted by molar-refractivity contribution is 7.19. The molecule has 3 nitrogen and oxygen atoms in total.